The molecule has 0 saturated heterocycles. The summed E-state index contributed by atoms with van der Waals surface area (Å²) in [6.45, 7) is 0.740. The second-order valence-electron chi connectivity index (χ2n) is 4.23. The van der Waals surface area contributed by atoms with Crippen molar-refractivity contribution in [2.75, 3.05) is 11.9 Å². The standard InChI is InChI=1S/C15H13NO/c17-15-8-9-16-14-10-12(6-7-13(14)15)11-4-2-1-3-5-11/h1-7,10,16H,8-9H2. The average molecular weight is 223 g/mol. The molecular formula is C15H13NO. The molecule has 3 rings (SSSR count). The molecule has 2 aromatic carbocycles. The smallest absolute Gasteiger partial charge is 0.166 e. The molecule has 1 N–H and O–H groups in total. The van der Waals surface area contributed by atoms with Crippen molar-refractivity contribution in [1.82, 2.24) is 0 Å². The van der Waals surface area contributed by atoms with Crippen molar-refractivity contribution < 1.29 is 4.79 Å². The molecule has 84 valence electrons. The summed E-state index contributed by atoms with van der Waals surface area (Å²) in [4.78, 5) is 11.7. The first kappa shape index (κ1) is 10.1. The minimum atomic E-state index is 0.235. The van der Waals surface area contributed by atoms with Crippen LogP contribution in [0.5, 0.6) is 0 Å². The van der Waals surface area contributed by atoms with Gasteiger partial charge in [0.15, 0.2) is 5.78 Å². The second-order valence-corrected chi connectivity index (χ2v) is 4.23. The number of Topliss-reactive ketones (excluding diaryl/α,β-unsaturated/α-hetero) is 1. The number of ketones is 1. The number of carbonyl (C=O) groups excluding carboxylic acids is 1. The molecule has 0 saturated carbocycles. The van der Waals surface area contributed by atoms with Gasteiger partial charge in [0.1, 0.15) is 0 Å². The Balaban J connectivity index is 2.07. The summed E-state index contributed by atoms with van der Waals surface area (Å²) < 4.78 is 0. The molecule has 0 aliphatic carbocycles. The van der Waals surface area contributed by atoms with Crippen LogP contribution in [0.15, 0.2) is 48.5 Å². The molecule has 0 aromatic heterocycles. The van der Waals surface area contributed by atoms with Crippen LogP contribution in [0, 0.1) is 0 Å². The van der Waals surface area contributed by atoms with Gasteiger partial charge in [0.25, 0.3) is 0 Å². The molecule has 0 spiro atoms. The van der Waals surface area contributed by atoms with Gasteiger partial charge in [-0.15, -0.1) is 0 Å². The van der Waals surface area contributed by atoms with Crippen molar-refractivity contribution in [3.05, 3.63) is 54.1 Å². The van der Waals surface area contributed by atoms with Gasteiger partial charge in [-0.1, -0.05) is 36.4 Å². The first-order chi connectivity index (χ1) is 8.34. The number of nitrogens with one attached hydrogen (secondary N) is 1. The van der Waals surface area contributed by atoms with Crippen molar-refractivity contribution in [3.8, 4) is 11.1 Å². The van der Waals surface area contributed by atoms with Crippen LogP contribution in [0.3, 0.4) is 0 Å². The molecule has 2 heteroatoms. The summed E-state index contributed by atoms with van der Waals surface area (Å²) in [5.41, 5.74) is 4.10. The first-order valence-corrected chi connectivity index (χ1v) is 5.81. The quantitative estimate of drug-likeness (QED) is 0.803. The lowest BCUT2D eigenvalue weighted by Gasteiger charge is -2.17. The van der Waals surface area contributed by atoms with E-state index in [1.54, 1.807) is 0 Å². The molecule has 0 fully saturated rings. The van der Waals surface area contributed by atoms with Gasteiger partial charge in [0.2, 0.25) is 0 Å². The number of carbonyl (C=O) groups is 1. The Morgan fingerprint density at radius 3 is 2.59 bits per heavy atom. The van der Waals surface area contributed by atoms with Crippen LogP contribution in [-0.2, 0) is 0 Å². The van der Waals surface area contributed by atoms with E-state index in [9.17, 15) is 4.79 Å². The fraction of sp³-hybridized carbons (Fsp3) is 0.133. The van der Waals surface area contributed by atoms with Gasteiger partial charge in [-0.2, -0.15) is 0 Å². The highest BCUT2D eigenvalue weighted by atomic mass is 16.1. The molecule has 2 aromatic rings. The molecule has 0 atom stereocenters. The number of anilines is 1. The summed E-state index contributed by atoms with van der Waals surface area (Å²) in [6, 6.07) is 16.2. The van der Waals surface area contributed by atoms with Crippen molar-refractivity contribution in [3.63, 3.8) is 0 Å². The van der Waals surface area contributed by atoms with Crippen LogP contribution >= 0.6 is 0 Å². The van der Waals surface area contributed by atoms with Gasteiger partial charge in [0, 0.05) is 24.2 Å². The summed E-state index contributed by atoms with van der Waals surface area (Å²) in [5.74, 6) is 0.235. The largest absolute Gasteiger partial charge is 0.384 e. The maximum atomic E-state index is 11.7. The predicted molar refractivity (Wildman–Crippen MR) is 69.3 cm³/mol. The third-order valence-corrected chi connectivity index (χ3v) is 3.09. The Morgan fingerprint density at radius 1 is 0.941 bits per heavy atom. The Bertz CT molecular complexity index is 560. The molecule has 2 nitrogen and oxygen atoms in total. The molecule has 0 radical (unpaired) electrons. The third-order valence-electron chi connectivity index (χ3n) is 3.09. The Labute approximate surface area is 100 Å². The minimum absolute atomic E-state index is 0.235. The highest BCUT2D eigenvalue weighted by molar-refractivity contribution is 6.03. The zero-order valence-electron chi connectivity index (χ0n) is 9.44. The van der Waals surface area contributed by atoms with Gasteiger partial charge >= 0.3 is 0 Å². The number of hydrogen-bond donors (Lipinski definition) is 1. The lowest BCUT2D eigenvalue weighted by atomic mass is 9.97. The number of hydrogen-bond acceptors (Lipinski definition) is 2. The van der Waals surface area contributed by atoms with E-state index >= 15 is 0 Å². The monoisotopic (exact) mass is 223 g/mol. The highest BCUT2D eigenvalue weighted by Crippen LogP contribution is 2.28. The topological polar surface area (TPSA) is 29.1 Å². The Kier molecular flexibility index (Phi) is 2.41. The SMILES string of the molecule is O=C1CCNc2cc(-c3ccccc3)ccc21. The number of fused-ring (bicyclic) bond motifs is 1. The summed E-state index contributed by atoms with van der Waals surface area (Å²) in [7, 11) is 0. The van der Waals surface area contributed by atoms with Crippen molar-refractivity contribution in [2.24, 2.45) is 0 Å². The molecule has 0 bridgehead atoms. The maximum Gasteiger partial charge on any atom is 0.166 e. The Hall–Kier alpha value is -2.09. The molecular weight excluding hydrogens is 210 g/mol. The zero-order valence-corrected chi connectivity index (χ0v) is 9.44. The first-order valence-electron chi connectivity index (χ1n) is 5.81. The van der Waals surface area contributed by atoms with E-state index in [0.29, 0.717) is 6.42 Å². The third kappa shape index (κ3) is 1.82. The maximum absolute atomic E-state index is 11.7. The van der Waals surface area contributed by atoms with Gasteiger partial charge in [-0.25, -0.2) is 0 Å². The van der Waals surface area contributed by atoms with Crippen LogP contribution in [0.1, 0.15) is 16.8 Å². The normalized spacial score (nSPS) is 14.0. The van der Waals surface area contributed by atoms with Crippen LogP contribution in [0.2, 0.25) is 0 Å². The lowest BCUT2D eigenvalue weighted by Crippen LogP contribution is -2.17. The fourth-order valence-electron chi connectivity index (χ4n) is 2.19. The van der Waals surface area contributed by atoms with E-state index in [-0.39, 0.29) is 5.78 Å². The van der Waals surface area contributed by atoms with E-state index in [2.05, 4.69) is 23.5 Å². The van der Waals surface area contributed by atoms with E-state index in [1.807, 2.05) is 30.3 Å². The van der Waals surface area contributed by atoms with Gasteiger partial charge in [-0.3, -0.25) is 4.79 Å². The molecule has 0 amide bonds. The molecule has 17 heavy (non-hydrogen) atoms. The molecule has 1 aliphatic heterocycles. The second kappa shape index (κ2) is 4.06. The van der Waals surface area contributed by atoms with Crippen molar-refractivity contribution >= 4 is 11.5 Å². The summed E-state index contributed by atoms with van der Waals surface area (Å²) >= 11 is 0. The van der Waals surface area contributed by atoms with Crippen molar-refractivity contribution in [1.29, 1.82) is 0 Å². The van der Waals surface area contributed by atoms with E-state index in [4.69, 9.17) is 0 Å². The molecule has 1 heterocycles. The molecule has 0 unspecified atom stereocenters. The van der Waals surface area contributed by atoms with E-state index in [1.165, 1.54) is 5.56 Å². The fourth-order valence-corrected chi connectivity index (χ4v) is 2.19. The summed E-state index contributed by atoms with van der Waals surface area (Å²) in [5, 5.41) is 3.28. The number of benzene rings is 2. The van der Waals surface area contributed by atoms with Gasteiger partial charge < -0.3 is 5.32 Å². The van der Waals surface area contributed by atoms with E-state index < -0.39 is 0 Å². The summed E-state index contributed by atoms with van der Waals surface area (Å²) in [6.07, 6.45) is 0.595. The van der Waals surface area contributed by atoms with Crippen molar-refractivity contribution in [2.45, 2.75) is 6.42 Å². The van der Waals surface area contributed by atoms with Gasteiger partial charge in [-0.05, 0) is 23.3 Å². The number of rotatable bonds is 1. The lowest BCUT2D eigenvalue weighted by molar-refractivity contribution is 0.0984. The van der Waals surface area contributed by atoms with Crippen LogP contribution in [-0.4, -0.2) is 12.3 Å². The average Bonchev–Trinajstić information content (AvgIpc) is 2.40. The molecule has 1 aliphatic rings. The van der Waals surface area contributed by atoms with Crippen LogP contribution < -0.4 is 5.32 Å². The van der Waals surface area contributed by atoms with Gasteiger partial charge in [0.05, 0.1) is 0 Å². The van der Waals surface area contributed by atoms with E-state index in [0.717, 1.165) is 23.4 Å². The highest BCUT2D eigenvalue weighted by Gasteiger charge is 2.16. The van der Waals surface area contributed by atoms with Crippen LogP contribution in [0.4, 0.5) is 5.69 Å². The zero-order chi connectivity index (χ0) is 11.7. The van der Waals surface area contributed by atoms with Crippen LogP contribution in [0.25, 0.3) is 11.1 Å². The predicted octanol–water partition coefficient (Wildman–Crippen LogP) is 3.35. The minimum Gasteiger partial charge on any atom is -0.384 e. The Morgan fingerprint density at radius 2 is 1.76 bits per heavy atom.